The third-order valence-corrected chi connectivity index (χ3v) is 5.24. The first-order valence-corrected chi connectivity index (χ1v) is 13.0. The Morgan fingerprint density at radius 2 is 1.21 bits per heavy atom. The van der Waals surface area contributed by atoms with Gasteiger partial charge in [0.1, 0.15) is 0 Å². The van der Waals surface area contributed by atoms with Crippen molar-refractivity contribution in [2.75, 3.05) is 0 Å². The topological polar surface area (TPSA) is 168 Å². The molecule has 0 aliphatic rings. The Hall–Kier alpha value is -3.82. The first kappa shape index (κ1) is 32.2. The molecule has 0 aliphatic carbocycles. The molecule has 3 aromatic carbocycles. The Balaban J connectivity index is 0.000000307. The fourth-order valence-corrected chi connectivity index (χ4v) is 3.11. The number of carboxylic acid groups (broad SMARTS) is 2. The van der Waals surface area contributed by atoms with Gasteiger partial charge in [0.25, 0.3) is 0 Å². The molecule has 0 amide bonds. The number of aromatic carboxylic acids is 2. The van der Waals surface area contributed by atoms with Crippen molar-refractivity contribution >= 4 is 25.7 Å². The molecule has 0 fully saturated rings. The molecule has 3 aromatic rings. The highest BCUT2D eigenvalue weighted by Crippen LogP contribution is 2.36. The zero-order valence-corrected chi connectivity index (χ0v) is 22.1. The average Bonchev–Trinajstić information content (AvgIpc) is 2.87. The van der Waals surface area contributed by atoms with Crippen molar-refractivity contribution in [3.05, 3.63) is 106 Å². The van der Waals surface area contributed by atoms with Crippen LogP contribution in [-0.2, 0) is 20.5 Å². The molecule has 0 saturated heterocycles. The van der Waals surface area contributed by atoms with Gasteiger partial charge < -0.3 is 20.0 Å². The number of carbonyl (C=O) groups excluding carboxylic acids is 1. The van der Waals surface area contributed by atoms with Gasteiger partial charge in [-0.2, -0.15) is 0 Å². The Bertz CT molecular complexity index is 1190. The Labute approximate surface area is 220 Å². The molecule has 0 aliphatic heterocycles. The van der Waals surface area contributed by atoms with Gasteiger partial charge in [0.05, 0.1) is 16.7 Å². The van der Waals surface area contributed by atoms with Crippen LogP contribution in [-0.4, -0.2) is 37.9 Å². The van der Waals surface area contributed by atoms with E-state index in [0.717, 1.165) is 36.0 Å². The van der Waals surface area contributed by atoms with Crippen molar-refractivity contribution in [1.82, 2.24) is 0 Å². The lowest BCUT2D eigenvalue weighted by atomic mass is 10.1. The summed E-state index contributed by atoms with van der Waals surface area (Å²) in [6, 6.07) is 20.4. The molecular weight excluding hydrogens is 515 g/mol. The predicted molar refractivity (Wildman–Crippen MR) is 140 cm³/mol. The van der Waals surface area contributed by atoms with Crippen LogP contribution in [0.5, 0.6) is 0 Å². The average molecular weight is 547 g/mol. The van der Waals surface area contributed by atoms with Gasteiger partial charge in [-0.1, -0.05) is 66.5 Å². The first-order chi connectivity index (χ1) is 17.9. The van der Waals surface area contributed by atoms with E-state index in [2.05, 4.69) is 16.5 Å². The van der Waals surface area contributed by atoms with Crippen molar-refractivity contribution in [2.24, 2.45) is 0 Å². The molecule has 0 radical (unpaired) electrons. The maximum absolute atomic E-state index is 11.3. The highest BCUT2D eigenvalue weighted by molar-refractivity contribution is 7.46. The summed E-state index contributed by atoms with van der Waals surface area (Å²) in [6.45, 7) is 5.65. The quantitative estimate of drug-likeness (QED) is 0.159. The van der Waals surface area contributed by atoms with Crippen LogP contribution in [0, 0.1) is 13.8 Å². The maximum Gasteiger partial charge on any atom is 0.505 e. The number of benzene rings is 3. The molecule has 38 heavy (non-hydrogen) atoms. The molecule has 11 heteroatoms. The van der Waals surface area contributed by atoms with Crippen LogP contribution in [0.4, 0.5) is 0 Å². The highest BCUT2D eigenvalue weighted by atomic mass is 31.2. The van der Waals surface area contributed by atoms with Crippen LogP contribution < -0.4 is 0 Å². The van der Waals surface area contributed by atoms with Crippen LogP contribution in [0.15, 0.2) is 72.8 Å². The highest BCUT2D eigenvalue weighted by Gasteiger charge is 2.19. The molecule has 0 spiro atoms. The van der Waals surface area contributed by atoms with Gasteiger partial charge in [0.15, 0.2) is 0 Å². The molecule has 0 atom stereocenters. The smallest absolute Gasteiger partial charge is 0.478 e. The van der Waals surface area contributed by atoms with Crippen molar-refractivity contribution in [3.63, 3.8) is 0 Å². The summed E-state index contributed by atoms with van der Waals surface area (Å²) >= 11 is 0. The normalized spacial score (nSPS) is 10.2. The number of aryl methyl sites for hydroxylation is 3. The lowest BCUT2D eigenvalue weighted by molar-refractivity contribution is -0.166. The summed E-state index contributed by atoms with van der Waals surface area (Å²) < 4.78 is 14.0. The van der Waals surface area contributed by atoms with E-state index in [4.69, 9.17) is 20.0 Å². The number of rotatable bonds is 8. The SMILES string of the molecule is CCCCc1ccc(C(=O)OOP(=O)(O)O)cc1.Cc1ccccc1C(=O)O.Cc1ccccc1C(=O)O. The van der Waals surface area contributed by atoms with E-state index in [1.54, 1.807) is 62.4 Å². The molecule has 0 heterocycles. The molecule has 3 rings (SSSR count). The summed E-state index contributed by atoms with van der Waals surface area (Å²) in [6.07, 6.45) is 3.07. The summed E-state index contributed by atoms with van der Waals surface area (Å²) in [4.78, 5) is 52.9. The number of carbonyl (C=O) groups is 3. The van der Waals surface area contributed by atoms with Gasteiger partial charge in [-0.25, -0.2) is 18.9 Å². The number of hydrogen-bond acceptors (Lipinski definition) is 6. The minimum absolute atomic E-state index is 0.170. The van der Waals surface area contributed by atoms with Crippen molar-refractivity contribution in [2.45, 2.75) is 40.0 Å². The summed E-state index contributed by atoms with van der Waals surface area (Å²) in [5, 5.41) is 17.1. The third-order valence-electron chi connectivity index (χ3n) is 4.97. The molecule has 10 nitrogen and oxygen atoms in total. The van der Waals surface area contributed by atoms with Crippen molar-refractivity contribution in [3.8, 4) is 0 Å². The zero-order chi connectivity index (χ0) is 28.7. The molecule has 0 saturated carbocycles. The molecule has 0 unspecified atom stereocenters. The zero-order valence-electron chi connectivity index (χ0n) is 21.2. The van der Waals surface area contributed by atoms with E-state index >= 15 is 0 Å². The summed E-state index contributed by atoms with van der Waals surface area (Å²) in [7, 11) is -4.81. The Morgan fingerprint density at radius 3 is 1.55 bits per heavy atom. The number of carboxylic acids is 2. The van der Waals surface area contributed by atoms with Crippen LogP contribution in [0.3, 0.4) is 0 Å². The lowest BCUT2D eigenvalue weighted by Gasteiger charge is -2.05. The van der Waals surface area contributed by atoms with Gasteiger partial charge in [-0.3, -0.25) is 4.89 Å². The second-order valence-corrected chi connectivity index (χ2v) is 9.11. The molecular formula is C27H31O10P. The van der Waals surface area contributed by atoms with Gasteiger partial charge in [-0.05, 0) is 67.6 Å². The standard InChI is InChI=1S/C11H15O6P.2C8H8O2/c1-2-3-4-9-5-7-10(8-6-9)11(12)16-17-18(13,14)15;2*1-6-4-2-3-5-7(6)8(9)10/h5-8H,2-4H2,1H3,(H2,13,14,15);2*2-5H,1H3,(H,9,10). The predicted octanol–water partition coefficient (Wildman–Crippen LogP) is 5.60. The molecule has 4 N–H and O–H groups in total. The Kier molecular flexibility index (Phi) is 13.7. The first-order valence-electron chi connectivity index (χ1n) is 11.5. The minimum atomic E-state index is -4.81. The monoisotopic (exact) mass is 546 g/mol. The van der Waals surface area contributed by atoms with Gasteiger partial charge in [-0.15, -0.1) is 0 Å². The van der Waals surface area contributed by atoms with Crippen molar-refractivity contribution < 1.29 is 48.5 Å². The fourth-order valence-electron chi connectivity index (χ4n) is 2.94. The summed E-state index contributed by atoms with van der Waals surface area (Å²) in [5.74, 6) is -2.67. The lowest BCUT2D eigenvalue weighted by Crippen LogP contribution is -2.05. The van der Waals surface area contributed by atoms with Crippen LogP contribution in [0.25, 0.3) is 0 Å². The fraction of sp³-hybridized carbons (Fsp3) is 0.222. The van der Waals surface area contributed by atoms with E-state index in [9.17, 15) is 18.9 Å². The summed E-state index contributed by atoms with van der Waals surface area (Å²) in [5.41, 5.74) is 3.61. The third kappa shape index (κ3) is 12.4. The van der Waals surface area contributed by atoms with Crippen LogP contribution in [0.1, 0.15) is 67.5 Å². The second-order valence-electron chi connectivity index (χ2n) is 7.98. The van der Waals surface area contributed by atoms with Crippen molar-refractivity contribution in [1.29, 1.82) is 0 Å². The van der Waals surface area contributed by atoms with Crippen LogP contribution >= 0.6 is 7.82 Å². The van der Waals surface area contributed by atoms with E-state index in [1.165, 1.54) is 12.1 Å². The number of unbranched alkanes of at least 4 members (excludes halogenated alkanes) is 1. The minimum Gasteiger partial charge on any atom is -0.478 e. The van der Waals surface area contributed by atoms with Crippen LogP contribution in [0.2, 0.25) is 0 Å². The van der Waals surface area contributed by atoms with Gasteiger partial charge in [0.2, 0.25) is 0 Å². The number of hydrogen-bond donors (Lipinski definition) is 4. The Morgan fingerprint density at radius 1 is 0.763 bits per heavy atom. The van der Waals surface area contributed by atoms with E-state index < -0.39 is 25.7 Å². The molecule has 0 aromatic heterocycles. The van der Waals surface area contributed by atoms with E-state index in [1.807, 2.05) is 12.1 Å². The van der Waals surface area contributed by atoms with Gasteiger partial charge in [0, 0.05) is 0 Å². The maximum atomic E-state index is 11.3. The van der Waals surface area contributed by atoms with E-state index in [0.29, 0.717) is 11.1 Å². The second kappa shape index (κ2) is 16.1. The molecule has 204 valence electrons. The number of phosphoric acid groups is 1. The largest absolute Gasteiger partial charge is 0.505 e. The molecule has 0 bridgehead atoms. The van der Waals surface area contributed by atoms with Gasteiger partial charge >= 0.3 is 25.7 Å². The van der Waals surface area contributed by atoms with E-state index in [-0.39, 0.29) is 5.56 Å².